The summed E-state index contributed by atoms with van der Waals surface area (Å²) in [5.74, 6) is -0.295. The molecule has 0 atom stereocenters. The van der Waals surface area contributed by atoms with Gasteiger partial charge in [-0.2, -0.15) is 0 Å². The first-order valence-electron chi connectivity index (χ1n) is 9.68. The summed E-state index contributed by atoms with van der Waals surface area (Å²) < 4.78 is 0. The van der Waals surface area contributed by atoms with E-state index in [1.54, 1.807) is 13.8 Å². The van der Waals surface area contributed by atoms with E-state index in [9.17, 15) is 9.59 Å². The van der Waals surface area contributed by atoms with Gasteiger partial charge in [-0.25, -0.2) is 0 Å². The maximum atomic E-state index is 13.0. The number of likely N-dealkylation sites (N-methyl/N-ethyl adjacent to an activating group) is 1. The van der Waals surface area contributed by atoms with E-state index in [-0.39, 0.29) is 11.8 Å². The van der Waals surface area contributed by atoms with Gasteiger partial charge in [0, 0.05) is 45.0 Å². The average molecular weight is 375 g/mol. The Labute approximate surface area is 163 Å². The van der Waals surface area contributed by atoms with Gasteiger partial charge < -0.3 is 20.0 Å². The van der Waals surface area contributed by atoms with Crippen LogP contribution in [0.3, 0.4) is 0 Å². The molecule has 0 spiro atoms. The molecule has 0 saturated carbocycles. The first-order chi connectivity index (χ1) is 12.6. The summed E-state index contributed by atoms with van der Waals surface area (Å²) in [6, 6.07) is 6.34. The van der Waals surface area contributed by atoms with Crippen molar-refractivity contribution in [1.29, 1.82) is 0 Å². The van der Waals surface area contributed by atoms with Crippen LogP contribution < -0.4 is 10.2 Å². The molecule has 0 aliphatic carbocycles. The minimum absolute atomic E-state index is 0.0922. The Bertz CT molecular complexity index is 677. The molecule has 1 N–H and O–H groups in total. The number of benzene rings is 1. The van der Waals surface area contributed by atoms with Crippen molar-refractivity contribution in [2.75, 3.05) is 58.3 Å². The van der Waals surface area contributed by atoms with E-state index < -0.39 is 5.41 Å². The maximum absolute atomic E-state index is 13.0. The van der Waals surface area contributed by atoms with Crippen LogP contribution in [0.2, 0.25) is 0 Å². The Kier molecular flexibility index (Phi) is 6.87. The Hall–Kier alpha value is -2.08. The molecule has 27 heavy (non-hydrogen) atoms. The summed E-state index contributed by atoms with van der Waals surface area (Å²) in [5.41, 5.74) is 2.76. The zero-order valence-electron chi connectivity index (χ0n) is 17.6. The summed E-state index contributed by atoms with van der Waals surface area (Å²) in [5, 5.41) is 2.88. The normalized spacial score (nSPS) is 15.2. The highest BCUT2D eigenvalue weighted by Gasteiger charge is 2.39. The molecule has 0 bridgehead atoms. The third kappa shape index (κ3) is 5.01. The zero-order valence-corrected chi connectivity index (χ0v) is 17.6. The second kappa shape index (κ2) is 8.74. The number of hydrogen-bond acceptors (Lipinski definition) is 4. The summed E-state index contributed by atoms with van der Waals surface area (Å²) in [6.07, 6.45) is 0. The van der Waals surface area contributed by atoms with Gasteiger partial charge in [-0.15, -0.1) is 0 Å². The molecule has 1 aliphatic rings. The number of nitrogens with one attached hydrogen (secondary N) is 1. The van der Waals surface area contributed by atoms with Gasteiger partial charge in [0.2, 0.25) is 11.8 Å². The largest absolute Gasteiger partial charge is 0.368 e. The summed E-state index contributed by atoms with van der Waals surface area (Å²) in [4.78, 5) is 31.6. The molecule has 2 rings (SSSR count). The highest BCUT2D eigenvalue weighted by molar-refractivity contribution is 6.04. The average Bonchev–Trinajstić information content (AvgIpc) is 2.63. The van der Waals surface area contributed by atoms with Crippen molar-refractivity contribution < 1.29 is 9.59 Å². The molecule has 1 aliphatic heterocycles. The predicted octanol–water partition coefficient (Wildman–Crippen LogP) is 1.66. The number of nitrogens with zero attached hydrogens (tertiary/aromatic N) is 3. The lowest BCUT2D eigenvalue weighted by Crippen LogP contribution is -2.56. The smallest absolute Gasteiger partial charge is 0.237 e. The fourth-order valence-electron chi connectivity index (χ4n) is 3.34. The first kappa shape index (κ1) is 21.2. The molecule has 6 nitrogen and oxygen atoms in total. The van der Waals surface area contributed by atoms with Gasteiger partial charge in [-0.3, -0.25) is 9.59 Å². The molecule has 6 heteroatoms. The van der Waals surface area contributed by atoms with Gasteiger partial charge in [0.15, 0.2) is 0 Å². The molecule has 2 amide bonds. The number of piperazine rings is 1. The van der Waals surface area contributed by atoms with Gasteiger partial charge >= 0.3 is 0 Å². The van der Waals surface area contributed by atoms with Crippen molar-refractivity contribution in [3.05, 3.63) is 29.3 Å². The van der Waals surface area contributed by atoms with E-state index in [2.05, 4.69) is 42.3 Å². The van der Waals surface area contributed by atoms with Crippen LogP contribution in [-0.4, -0.2) is 75.0 Å². The Morgan fingerprint density at radius 2 is 1.74 bits per heavy atom. The van der Waals surface area contributed by atoms with E-state index in [0.29, 0.717) is 19.6 Å². The second-order valence-corrected chi connectivity index (χ2v) is 8.18. The monoisotopic (exact) mass is 374 g/mol. The number of carbonyl (C=O) groups excluding carboxylic acids is 2. The van der Waals surface area contributed by atoms with E-state index in [4.69, 9.17) is 0 Å². The van der Waals surface area contributed by atoms with Crippen LogP contribution in [0.15, 0.2) is 18.2 Å². The van der Waals surface area contributed by atoms with E-state index in [1.165, 1.54) is 16.8 Å². The number of amides is 2. The highest BCUT2D eigenvalue weighted by atomic mass is 16.2. The van der Waals surface area contributed by atoms with E-state index in [0.717, 1.165) is 19.6 Å². The molecule has 1 heterocycles. The maximum Gasteiger partial charge on any atom is 0.237 e. The van der Waals surface area contributed by atoms with Gasteiger partial charge in [-0.1, -0.05) is 12.1 Å². The van der Waals surface area contributed by atoms with Crippen molar-refractivity contribution in [1.82, 2.24) is 15.1 Å². The van der Waals surface area contributed by atoms with Gasteiger partial charge in [0.1, 0.15) is 5.41 Å². The molecule has 1 saturated heterocycles. The van der Waals surface area contributed by atoms with Crippen LogP contribution >= 0.6 is 0 Å². The predicted molar refractivity (Wildman–Crippen MR) is 110 cm³/mol. The minimum Gasteiger partial charge on any atom is -0.368 e. The minimum atomic E-state index is -1.05. The number of rotatable bonds is 6. The number of hydrogen-bond donors (Lipinski definition) is 1. The van der Waals surface area contributed by atoms with Crippen LogP contribution in [0, 0.1) is 19.3 Å². The van der Waals surface area contributed by atoms with Crippen LogP contribution in [-0.2, 0) is 9.59 Å². The summed E-state index contributed by atoms with van der Waals surface area (Å²) >= 11 is 0. The third-order valence-corrected chi connectivity index (χ3v) is 5.43. The fourth-order valence-corrected chi connectivity index (χ4v) is 3.34. The Morgan fingerprint density at radius 3 is 2.33 bits per heavy atom. The van der Waals surface area contributed by atoms with Crippen molar-refractivity contribution in [2.45, 2.75) is 27.7 Å². The highest BCUT2D eigenvalue weighted by Crippen LogP contribution is 2.25. The van der Waals surface area contributed by atoms with Crippen molar-refractivity contribution in [3.8, 4) is 0 Å². The van der Waals surface area contributed by atoms with Crippen LogP contribution in [0.5, 0.6) is 0 Å². The molecular formula is C21H34N4O2. The Balaban J connectivity index is 1.95. The second-order valence-electron chi connectivity index (χ2n) is 8.18. The van der Waals surface area contributed by atoms with Crippen molar-refractivity contribution in [2.24, 2.45) is 5.41 Å². The quantitative estimate of drug-likeness (QED) is 0.770. The lowest BCUT2D eigenvalue weighted by molar-refractivity contribution is -0.148. The van der Waals surface area contributed by atoms with E-state index in [1.807, 2.05) is 23.9 Å². The molecule has 0 unspecified atom stereocenters. The number of carbonyl (C=O) groups is 2. The Morgan fingerprint density at radius 1 is 1.11 bits per heavy atom. The van der Waals surface area contributed by atoms with Gasteiger partial charge in [0.25, 0.3) is 0 Å². The van der Waals surface area contributed by atoms with Gasteiger partial charge in [-0.05, 0) is 59.0 Å². The summed E-state index contributed by atoms with van der Waals surface area (Å²) in [6.45, 7) is 11.9. The summed E-state index contributed by atoms with van der Waals surface area (Å²) in [7, 11) is 3.91. The third-order valence-electron chi connectivity index (χ3n) is 5.43. The zero-order chi connectivity index (χ0) is 20.2. The lowest BCUT2D eigenvalue weighted by Gasteiger charge is -2.39. The molecule has 1 aromatic rings. The molecule has 1 fully saturated rings. The molecule has 150 valence electrons. The van der Waals surface area contributed by atoms with Crippen LogP contribution in [0.25, 0.3) is 0 Å². The molecule has 0 radical (unpaired) electrons. The number of aryl methyl sites for hydroxylation is 1. The molecular weight excluding hydrogens is 340 g/mol. The lowest BCUT2D eigenvalue weighted by atomic mass is 9.90. The topological polar surface area (TPSA) is 55.9 Å². The standard InChI is InChI=1S/C21H34N4O2/c1-16-8-7-9-18(17(16)2)24-12-14-25(15-13-24)20(27)21(3,4)19(26)22-10-11-23(5)6/h7-9H,10-15H2,1-6H3,(H,22,26). The van der Waals surface area contributed by atoms with Crippen LogP contribution in [0.4, 0.5) is 5.69 Å². The van der Waals surface area contributed by atoms with Crippen molar-refractivity contribution >= 4 is 17.5 Å². The SMILES string of the molecule is Cc1cccc(N2CCN(C(=O)C(C)(C)C(=O)NCCN(C)C)CC2)c1C. The molecule has 1 aromatic carbocycles. The molecule has 0 aromatic heterocycles. The van der Waals surface area contributed by atoms with Crippen LogP contribution in [0.1, 0.15) is 25.0 Å². The van der Waals surface area contributed by atoms with Crippen molar-refractivity contribution in [3.63, 3.8) is 0 Å². The fraction of sp³-hybridized carbons (Fsp3) is 0.619. The first-order valence-corrected chi connectivity index (χ1v) is 9.68. The van der Waals surface area contributed by atoms with E-state index >= 15 is 0 Å². The number of anilines is 1. The van der Waals surface area contributed by atoms with Gasteiger partial charge in [0.05, 0.1) is 0 Å².